The van der Waals surface area contributed by atoms with Crippen molar-refractivity contribution in [2.45, 2.75) is 19.8 Å². The molecule has 0 bridgehead atoms. The van der Waals surface area contributed by atoms with Crippen molar-refractivity contribution in [3.63, 3.8) is 0 Å². The lowest BCUT2D eigenvalue weighted by atomic mass is 10.1. The average Bonchev–Trinajstić information content (AvgIpc) is 2.33. The lowest BCUT2D eigenvalue weighted by Gasteiger charge is -2.06. The van der Waals surface area contributed by atoms with Crippen LogP contribution in [0.1, 0.15) is 19.2 Å². The fraction of sp³-hybridized carbons (Fsp3) is 0.231. The van der Waals surface area contributed by atoms with Crippen LogP contribution in [0.3, 0.4) is 0 Å². The molecule has 0 atom stereocenters. The Morgan fingerprint density at radius 1 is 1.00 bits per heavy atom. The zero-order valence-corrected chi connectivity index (χ0v) is 11.6. The molecule has 0 unspecified atom stereocenters. The van der Waals surface area contributed by atoms with Crippen LogP contribution < -0.4 is 0 Å². The van der Waals surface area contributed by atoms with E-state index in [1.165, 1.54) is 6.07 Å². The summed E-state index contributed by atoms with van der Waals surface area (Å²) in [6.07, 6.45) is 1.45. The predicted octanol–water partition coefficient (Wildman–Crippen LogP) is 4.28. The Labute approximate surface area is 116 Å². The molecule has 0 amide bonds. The van der Waals surface area contributed by atoms with E-state index in [-0.39, 0.29) is 11.3 Å². The van der Waals surface area contributed by atoms with Crippen molar-refractivity contribution in [3.8, 4) is 11.3 Å². The van der Waals surface area contributed by atoms with Crippen LogP contribution in [0.5, 0.6) is 0 Å². The van der Waals surface area contributed by atoms with Crippen LogP contribution in [0.25, 0.3) is 11.3 Å². The minimum Gasteiger partial charge on any atom is -0.233 e. The van der Waals surface area contributed by atoms with Crippen LogP contribution >= 0.6 is 15.9 Å². The molecule has 0 aliphatic rings. The van der Waals surface area contributed by atoms with Crippen LogP contribution in [0.15, 0.2) is 22.8 Å². The Kier molecular flexibility index (Phi) is 4.19. The van der Waals surface area contributed by atoms with Crippen LogP contribution in [0.2, 0.25) is 0 Å². The number of aryl methyl sites for hydroxylation is 1. The van der Waals surface area contributed by atoms with Gasteiger partial charge in [-0.2, -0.15) is 0 Å². The first-order valence-electron chi connectivity index (χ1n) is 5.69. The van der Waals surface area contributed by atoms with Gasteiger partial charge in [-0.3, -0.25) is 0 Å². The van der Waals surface area contributed by atoms with Crippen molar-refractivity contribution in [1.29, 1.82) is 0 Å². The number of hydrogen-bond acceptors (Lipinski definition) is 2. The topological polar surface area (TPSA) is 25.8 Å². The van der Waals surface area contributed by atoms with Gasteiger partial charge in [-0.25, -0.2) is 23.1 Å². The van der Waals surface area contributed by atoms with E-state index >= 15 is 0 Å². The number of benzene rings is 1. The van der Waals surface area contributed by atoms with Gasteiger partial charge in [0.05, 0.1) is 5.69 Å². The molecular formula is C13H10BrF3N2. The van der Waals surface area contributed by atoms with Crippen LogP contribution in [0, 0.1) is 17.5 Å². The second-order valence-corrected chi connectivity index (χ2v) is 4.80. The SMILES string of the molecule is CCCc1nc(Br)cc(-c2cc(F)c(F)cc2F)n1. The van der Waals surface area contributed by atoms with Gasteiger partial charge in [0.15, 0.2) is 11.6 Å². The molecular weight excluding hydrogens is 321 g/mol. The lowest BCUT2D eigenvalue weighted by Crippen LogP contribution is -1.99. The van der Waals surface area contributed by atoms with Crippen molar-refractivity contribution in [2.24, 2.45) is 0 Å². The molecule has 0 aliphatic carbocycles. The van der Waals surface area contributed by atoms with Crippen molar-refractivity contribution < 1.29 is 13.2 Å². The average molecular weight is 331 g/mol. The molecule has 19 heavy (non-hydrogen) atoms. The minimum atomic E-state index is -1.22. The summed E-state index contributed by atoms with van der Waals surface area (Å²) in [5.41, 5.74) is 0.140. The predicted molar refractivity (Wildman–Crippen MR) is 69.0 cm³/mol. The highest BCUT2D eigenvalue weighted by molar-refractivity contribution is 9.10. The number of halogens is 4. The minimum absolute atomic E-state index is 0.0839. The van der Waals surface area contributed by atoms with E-state index < -0.39 is 17.5 Å². The highest BCUT2D eigenvalue weighted by Crippen LogP contribution is 2.25. The molecule has 0 radical (unpaired) electrons. The van der Waals surface area contributed by atoms with E-state index in [0.717, 1.165) is 12.5 Å². The number of hydrogen-bond donors (Lipinski definition) is 0. The summed E-state index contributed by atoms with van der Waals surface area (Å²) in [5.74, 6) is -2.66. The van der Waals surface area contributed by atoms with Gasteiger partial charge in [0.25, 0.3) is 0 Å². The molecule has 0 saturated carbocycles. The summed E-state index contributed by atoms with van der Waals surface area (Å²) in [6, 6.07) is 2.78. The summed E-state index contributed by atoms with van der Waals surface area (Å²) in [4.78, 5) is 8.29. The van der Waals surface area contributed by atoms with Gasteiger partial charge in [-0.15, -0.1) is 0 Å². The molecule has 100 valence electrons. The van der Waals surface area contributed by atoms with E-state index in [9.17, 15) is 13.2 Å². The zero-order valence-electron chi connectivity index (χ0n) is 10.1. The van der Waals surface area contributed by atoms with Gasteiger partial charge >= 0.3 is 0 Å². The van der Waals surface area contributed by atoms with E-state index in [1.807, 2.05) is 6.92 Å². The smallest absolute Gasteiger partial charge is 0.161 e. The maximum atomic E-state index is 13.7. The molecule has 0 spiro atoms. The summed E-state index contributed by atoms with van der Waals surface area (Å²) >= 11 is 3.20. The Balaban J connectivity index is 2.55. The standard InChI is InChI=1S/C13H10BrF3N2/c1-2-3-13-18-11(6-12(14)19-13)7-4-9(16)10(17)5-8(7)15/h4-6H,2-3H2,1H3. The van der Waals surface area contributed by atoms with E-state index in [2.05, 4.69) is 25.9 Å². The molecule has 0 N–H and O–H groups in total. The van der Waals surface area contributed by atoms with Crippen LogP contribution in [-0.4, -0.2) is 9.97 Å². The molecule has 6 heteroatoms. The van der Waals surface area contributed by atoms with Gasteiger partial charge in [-0.1, -0.05) is 6.92 Å². The molecule has 0 saturated heterocycles. The quantitative estimate of drug-likeness (QED) is 0.620. The Morgan fingerprint density at radius 3 is 2.37 bits per heavy atom. The van der Waals surface area contributed by atoms with E-state index in [1.54, 1.807) is 0 Å². The largest absolute Gasteiger partial charge is 0.233 e. The number of rotatable bonds is 3. The third-order valence-electron chi connectivity index (χ3n) is 2.50. The normalized spacial score (nSPS) is 10.8. The molecule has 2 aromatic rings. The lowest BCUT2D eigenvalue weighted by molar-refractivity contribution is 0.496. The molecule has 2 nitrogen and oxygen atoms in total. The summed E-state index contributed by atoms with van der Waals surface area (Å²) in [6.45, 7) is 1.96. The summed E-state index contributed by atoms with van der Waals surface area (Å²) < 4.78 is 40.3. The van der Waals surface area contributed by atoms with E-state index in [4.69, 9.17) is 0 Å². The third-order valence-corrected chi connectivity index (χ3v) is 2.91. The van der Waals surface area contributed by atoms with Crippen LogP contribution in [-0.2, 0) is 6.42 Å². The zero-order chi connectivity index (χ0) is 14.0. The van der Waals surface area contributed by atoms with Crippen molar-refractivity contribution in [1.82, 2.24) is 9.97 Å². The van der Waals surface area contributed by atoms with Crippen LogP contribution in [0.4, 0.5) is 13.2 Å². The van der Waals surface area contributed by atoms with E-state index in [0.29, 0.717) is 22.9 Å². The molecule has 1 aromatic heterocycles. The fourth-order valence-corrected chi connectivity index (χ4v) is 2.08. The first-order valence-corrected chi connectivity index (χ1v) is 6.49. The number of nitrogens with zero attached hydrogens (tertiary/aromatic N) is 2. The van der Waals surface area contributed by atoms with Gasteiger partial charge in [0, 0.05) is 18.1 Å². The first kappa shape index (κ1) is 14.0. The summed E-state index contributed by atoms with van der Waals surface area (Å²) in [5, 5.41) is 0. The molecule has 1 heterocycles. The highest BCUT2D eigenvalue weighted by atomic mass is 79.9. The monoisotopic (exact) mass is 330 g/mol. The first-order chi connectivity index (χ1) is 9.01. The second-order valence-electron chi connectivity index (χ2n) is 3.99. The van der Waals surface area contributed by atoms with Crippen molar-refractivity contribution in [3.05, 3.63) is 46.1 Å². The van der Waals surface area contributed by atoms with Crippen molar-refractivity contribution in [2.75, 3.05) is 0 Å². The second kappa shape index (κ2) is 5.69. The maximum Gasteiger partial charge on any atom is 0.161 e. The van der Waals surface area contributed by atoms with Gasteiger partial charge < -0.3 is 0 Å². The Morgan fingerprint density at radius 2 is 1.68 bits per heavy atom. The summed E-state index contributed by atoms with van der Waals surface area (Å²) in [7, 11) is 0. The molecule has 2 rings (SSSR count). The molecule has 0 aliphatic heterocycles. The molecule has 1 aromatic carbocycles. The van der Waals surface area contributed by atoms with Gasteiger partial charge in [0.1, 0.15) is 16.2 Å². The molecule has 0 fully saturated rings. The maximum absolute atomic E-state index is 13.7. The fourth-order valence-electron chi connectivity index (χ4n) is 1.66. The van der Waals surface area contributed by atoms with Crippen molar-refractivity contribution >= 4 is 15.9 Å². The highest BCUT2D eigenvalue weighted by Gasteiger charge is 2.14. The third kappa shape index (κ3) is 3.12. The Hall–Kier alpha value is -1.43. The van der Waals surface area contributed by atoms with Gasteiger partial charge in [0.2, 0.25) is 0 Å². The number of aromatic nitrogens is 2. The Bertz CT molecular complexity index is 617. The van der Waals surface area contributed by atoms with Gasteiger partial charge in [-0.05, 0) is 34.5 Å².